The number of esters is 1. The molecule has 174 valence electrons. The molecular formula is C21H23N5O6S. The summed E-state index contributed by atoms with van der Waals surface area (Å²) in [5.41, 5.74) is 0.812. The third kappa shape index (κ3) is 3.78. The van der Waals surface area contributed by atoms with Gasteiger partial charge in [0.25, 0.3) is 11.1 Å². The zero-order valence-electron chi connectivity index (χ0n) is 17.9. The van der Waals surface area contributed by atoms with Crippen LogP contribution in [0.2, 0.25) is 0 Å². The first kappa shape index (κ1) is 21.6. The van der Waals surface area contributed by atoms with E-state index in [9.17, 15) is 22.8 Å². The summed E-state index contributed by atoms with van der Waals surface area (Å²) in [7, 11) is -2.40. The second-order valence-electron chi connectivity index (χ2n) is 8.55. The van der Waals surface area contributed by atoms with Crippen molar-refractivity contribution in [2.45, 2.75) is 25.4 Å². The lowest BCUT2D eigenvalue weighted by atomic mass is 9.84. The van der Waals surface area contributed by atoms with Crippen molar-refractivity contribution in [2.24, 2.45) is 5.92 Å². The molecule has 0 saturated carbocycles. The summed E-state index contributed by atoms with van der Waals surface area (Å²) in [4.78, 5) is 36.4. The van der Waals surface area contributed by atoms with E-state index in [4.69, 9.17) is 4.74 Å². The maximum atomic E-state index is 13.2. The number of ether oxygens (including phenoxy) is 1. The smallest absolute Gasteiger partial charge is 0.341 e. The molecule has 0 spiro atoms. The van der Waals surface area contributed by atoms with E-state index in [1.54, 1.807) is 10.6 Å². The van der Waals surface area contributed by atoms with Crippen LogP contribution in [0.15, 0.2) is 40.2 Å². The highest BCUT2D eigenvalue weighted by Crippen LogP contribution is 2.36. The van der Waals surface area contributed by atoms with Crippen LogP contribution in [0.25, 0.3) is 11.3 Å². The molecule has 5 heterocycles. The molecule has 33 heavy (non-hydrogen) atoms. The largest absolute Gasteiger partial charge is 0.465 e. The molecule has 1 N–H and O–H groups in total. The topological polar surface area (TPSA) is 136 Å². The average molecular weight is 474 g/mol. The number of carbonyl (C=O) groups is 1. The van der Waals surface area contributed by atoms with Gasteiger partial charge in [-0.15, -0.1) is 0 Å². The van der Waals surface area contributed by atoms with Crippen molar-refractivity contribution in [3.63, 3.8) is 0 Å². The predicted molar refractivity (Wildman–Crippen MR) is 118 cm³/mol. The number of hydrogen-bond acceptors (Lipinski definition) is 7. The van der Waals surface area contributed by atoms with Crippen LogP contribution in [-0.4, -0.2) is 64.0 Å². The molecule has 5 rings (SSSR count). The number of sulfonamides is 1. The number of carbonyl (C=O) groups excluding carboxylic acids is 1. The van der Waals surface area contributed by atoms with Gasteiger partial charge in [-0.25, -0.2) is 22.6 Å². The predicted octanol–water partition coefficient (Wildman–Crippen LogP) is 0.0736. The maximum absolute atomic E-state index is 13.2. The first-order valence-corrected chi connectivity index (χ1v) is 12.2. The van der Waals surface area contributed by atoms with E-state index in [1.165, 1.54) is 34.4 Å². The average Bonchev–Trinajstić information content (AvgIpc) is 3.18. The van der Waals surface area contributed by atoms with Crippen LogP contribution in [0.1, 0.15) is 28.4 Å². The molecular weight excluding hydrogens is 450 g/mol. The number of rotatable bonds is 5. The summed E-state index contributed by atoms with van der Waals surface area (Å²) in [6, 6.07) is 5.14. The van der Waals surface area contributed by atoms with Crippen molar-refractivity contribution in [3.8, 4) is 11.3 Å². The normalized spacial score (nSPS) is 20.5. The molecule has 11 nitrogen and oxygen atoms in total. The zero-order chi connectivity index (χ0) is 23.3. The van der Waals surface area contributed by atoms with E-state index in [0.29, 0.717) is 19.6 Å². The Morgan fingerprint density at radius 1 is 1.21 bits per heavy atom. The summed E-state index contributed by atoms with van der Waals surface area (Å²) in [6.45, 7) is 1.25. The number of nitrogens with zero attached hydrogens (tertiary/aromatic N) is 4. The number of fused-ring (bicyclic) bond motifs is 5. The molecule has 1 saturated heterocycles. The lowest BCUT2D eigenvalue weighted by Gasteiger charge is -2.42. The Labute approximate surface area is 189 Å². The number of nitrogens with one attached hydrogen (secondary N) is 1. The van der Waals surface area contributed by atoms with Gasteiger partial charge in [0.15, 0.2) is 0 Å². The van der Waals surface area contributed by atoms with Gasteiger partial charge in [0.05, 0.1) is 18.4 Å². The number of piperidine rings is 1. The summed E-state index contributed by atoms with van der Waals surface area (Å²) in [5.74, 6) is -0.807. The minimum Gasteiger partial charge on any atom is -0.465 e. The molecule has 0 aromatic carbocycles. The highest BCUT2D eigenvalue weighted by atomic mass is 32.2. The number of pyridine rings is 2. The van der Waals surface area contributed by atoms with Gasteiger partial charge in [0, 0.05) is 56.3 Å². The fourth-order valence-corrected chi connectivity index (χ4v) is 6.45. The molecule has 1 fully saturated rings. The molecule has 4 aliphatic rings. The Kier molecular flexibility index (Phi) is 5.20. The molecule has 4 aliphatic heterocycles. The quantitative estimate of drug-likeness (QED) is 0.518. The van der Waals surface area contributed by atoms with Crippen molar-refractivity contribution in [2.75, 3.05) is 26.0 Å². The number of H-pyrrole nitrogens is 1. The molecule has 0 radical (unpaired) electrons. The lowest BCUT2D eigenvalue weighted by Crippen LogP contribution is -2.49. The second kappa shape index (κ2) is 7.96. The van der Waals surface area contributed by atoms with E-state index in [1.807, 2.05) is 6.07 Å². The third-order valence-corrected chi connectivity index (χ3v) is 8.25. The monoisotopic (exact) mass is 473 g/mol. The minimum atomic E-state index is -3.62. The highest BCUT2D eigenvalue weighted by Gasteiger charge is 2.38. The lowest BCUT2D eigenvalue weighted by molar-refractivity contribution is 0.0600. The molecule has 2 atom stereocenters. The van der Waals surface area contributed by atoms with E-state index in [-0.39, 0.29) is 46.5 Å². The SMILES string of the molecule is COC(=O)c1cn(CCS(=O)(=O)N2C[C@H]3C[C@@H](C2)c2cccc(=O)n2C3)cc2c(=O)[nH]nc1-2. The van der Waals surface area contributed by atoms with Crippen LogP contribution >= 0.6 is 0 Å². The van der Waals surface area contributed by atoms with Gasteiger partial charge in [0.2, 0.25) is 10.0 Å². The second-order valence-corrected chi connectivity index (χ2v) is 10.6. The van der Waals surface area contributed by atoms with E-state index >= 15 is 0 Å². The third-order valence-electron chi connectivity index (χ3n) is 6.47. The molecule has 12 heteroatoms. The van der Waals surface area contributed by atoms with Gasteiger partial charge in [-0.2, -0.15) is 5.10 Å². The van der Waals surface area contributed by atoms with Gasteiger partial charge in [0.1, 0.15) is 11.3 Å². The van der Waals surface area contributed by atoms with Crippen LogP contribution in [0.4, 0.5) is 0 Å². The van der Waals surface area contributed by atoms with Crippen molar-refractivity contribution in [3.05, 3.63) is 62.6 Å². The number of aromatic amines is 1. The molecule has 2 bridgehead atoms. The molecule has 1 aromatic heterocycles. The van der Waals surface area contributed by atoms with Gasteiger partial charge in [-0.05, 0) is 18.4 Å². The summed E-state index contributed by atoms with van der Waals surface area (Å²) >= 11 is 0. The first-order chi connectivity index (χ1) is 15.8. The van der Waals surface area contributed by atoms with E-state index in [2.05, 4.69) is 10.2 Å². The molecule has 1 aromatic rings. The number of aromatic nitrogens is 4. The Balaban J connectivity index is 1.38. The summed E-state index contributed by atoms with van der Waals surface area (Å²) < 4.78 is 35.9. The van der Waals surface area contributed by atoms with Gasteiger partial charge >= 0.3 is 5.97 Å². The van der Waals surface area contributed by atoms with Crippen molar-refractivity contribution in [1.82, 2.24) is 23.6 Å². The Morgan fingerprint density at radius 2 is 2.03 bits per heavy atom. The summed E-state index contributed by atoms with van der Waals surface area (Å²) in [5, 5.41) is 6.17. The number of hydrogen-bond donors (Lipinski definition) is 1. The van der Waals surface area contributed by atoms with Gasteiger partial charge < -0.3 is 13.9 Å². The van der Waals surface area contributed by atoms with Crippen LogP contribution in [0.3, 0.4) is 0 Å². The summed E-state index contributed by atoms with van der Waals surface area (Å²) in [6.07, 6.45) is 3.78. The fraction of sp³-hybridized carbons (Fsp3) is 0.429. The Hall–Kier alpha value is -3.25. The van der Waals surface area contributed by atoms with Crippen LogP contribution < -0.4 is 11.1 Å². The van der Waals surface area contributed by atoms with Gasteiger partial charge in [-0.3, -0.25) is 9.59 Å². The fourth-order valence-electron chi connectivity index (χ4n) is 4.91. The van der Waals surface area contributed by atoms with E-state index < -0.39 is 21.6 Å². The molecule has 0 unspecified atom stereocenters. The highest BCUT2D eigenvalue weighted by molar-refractivity contribution is 7.89. The van der Waals surface area contributed by atoms with Crippen LogP contribution in [0, 0.1) is 5.92 Å². The maximum Gasteiger partial charge on any atom is 0.341 e. The Bertz CT molecular complexity index is 1420. The molecule has 0 aliphatic carbocycles. The van der Waals surface area contributed by atoms with E-state index in [0.717, 1.165) is 12.1 Å². The molecule has 0 amide bonds. The van der Waals surface area contributed by atoms with Crippen LogP contribution in [0.5, 0.6) is 0 Å². The number of aryl methyl sites for hydroxylation is 1. The minimum absolute atomic E-state index is 0.0231. The van der Waals surface area contributed by atoms with Crippen molar-refractivity contribution >= 4 is 16.0 Å². The van der Waals surface area contributed by atoms with Crippen molar-refractivity contribution in [1.29, 1.82) is 0 Å². The van der Waals surface area contributed by atoms with Crippen LogP contribution in [-0.2, 0) is 27.8 Å². The number of methoxy groups -OCH3 is 1. The van der Waals surface area contributed by atoms with Gasteiger partial charge in [-0.1, -0.05) is 6.07 Å². The Morgan fingerprint density at radius 3 is 2.82 bits per heavy atom. The standard InChI is InChI=1S/C21H23N5O6S/c1-32-21(29)16-12-24(11-15-19(16)22-23-20(15)28)5-6-33(30,31)25-8-13-7-14(10-25)17-3-2-4-18(27)26(17)9-13/h2-4,11-14H,5-10H2,1H3,(H,23,28)/t13-,14+/m1/s1. The van der Waals surface area contributed by atoms with Crippen molar-refractivity contribution < 1.29 is 17.9 Å². The first-order valence-electron chi connectivity index (χ1n) is 10.6. The zero-order valence-corrected chi connectivity index (χ0v) is 18.7.